The molecule has 0 bridgehead atoms. The molecule has 0 saturated carbocycles. The minimum Gasteiger partial charge on any atom is -0.456 e. The highest BCUT2D eigenvalue weighted by Crippen LogP contribution is 2.49. The van der Waals surface area contributed by atoms with Crippen molar-refractivity contribution < 1.29 is 4.42 Å². The molecule has 65 heavy (non-hydrogen) atoms. The average Bonchev–Trinajstić information content (AvgIpc) is 4.01. The van der Waals surface area contributed by atoms with Gasteiger partial charge in [-0.2, -0.15) is 0 Å². The quantitative estimate of drug-likeness (QED) is 0.167. The van der Waals surface area contributed by atoms with Crippen LogP contribution >= 0.6 is 11.3 Å². The van der Waals surface area contributed by atoms with E-state index in [0.29, 0.717) is 17.5 Å². The number of fused-ring (bicyclic) bond motifs is 9. The van der Waals surface area contributed by atoms with E-state index in [4.69, 9.17) is 19.4 Å². The molecular weight excluding hydrogens is 811 g/mol. The molecule has 4 nitrogen and oxygen atoms in total. The molecule has 12 aromatic rings. The first-order valence-corrected chi connectivity index (χ1v) is 22.9. The lowest BCUT2D eigenvalue weighted by Crippen LogP contribution is -2.14. The maximum absolute atomic E-state index is 6.55. The second kappa shape index (κ2) is 14.5. The molecule has 3 aromatic heterocycles. The highest BCUT2D eigenvalue weighted by Gasteiger charge is 2.35. The fraction of sp³-hybridized carbons (Fsp3) is 0.0500. The summed E-state index contributed by atoms with van der Waals surface area (Å²) < 4.78 is 9.05. The number of hydrogen-bond acceptors (Lipinski definition) is 5. The van der Waals surface area contributed by atoms with Gasteiger partial charge in [0.15, 0.2) is 17.5 Å². The Bertz CT molecular complexity index is 3840. The fourth-order valence-electron chi connectivity index (χ4n) is 10.0. The first kappa shape index (κ1) is 37.6. The zero-order valence-corrected chi connectivity index (χ0v) is 36.5. The van der Waals surface area contributed by atoms with Gasteiger partial charge in [-0.25, -0.2) is 15.0 Å². The van der Waals surface area contributed by atoms with Crippen molar-refractivity contribution in [2.24, 2.45) is 0 Å². The standard InChI is InChI=1S/C60H39N3OS/c1-60(2)50-16-8-6-13-44(50)47-33-41(27-30-51(47)60)38-19-21-39(22-20-38)42-28-31-52-49(34-42)56-46(15-10-17-53(56)64-52)59-62-57(40-25-23-37(24-26-40)36-11-4-3-5-12-36)61-58(63-59)43-29-32-55-48(35-43)45-14-7-9-18-54(45)65-55/h3-35H,1-2H3. The predicted octanol–water partition coefficient (Wildman–Crippen LogP) is 16.4. The Balaban J connectivity index is 0.916. The van der Waals surface area contributed by atoms with Gasteiger partial charge in [0, 0.05) is 53.1 Å². The summed E-state index contributed by atoms with van der Waals surface area (Å²) in [4.78, 5) is 15.7. The third kappa shape index (κ3) is 6.15. The van der Waals surface area contributed by atoms with Crippen molar-refractivity contribution in [3.8, 4) is 78.7 Å². The molecule has 13 rings (SSSR count). The molecule has 0 radical (unpaired) electrons. The normalized spacial score (nSPS) is 12.9. The van der Waals surface area contributed by atoms with Gasteiger partial charge in [-0.15, -0.1) is 11.3 Å². The van der Waals surface area contributed by atoms with Crippen molar-refractivity contribution in [2.75, 3.05) is 0 Å². The summed E-state index contributed by atoms with van der Waals surface area (Å²) in [5.41, 5.74) is 16.7. The predicted molar refractivity (Wildman–Crippen MR) is 270 cm³/mol. The molecule has 5 heteroatoms. The maximum atomic E-state index is 6.55. The van der Waals surface area contributed by atoms with Crippen molar-refractivity contribution in [1.82, 2.24) is 15.0 Å². The highest BCUT2D eigenvalue weighted by molar-refractivity contribution is 7.25. The lowest BCUT2D eigenvalue weighted by atomic mass is 9.82. The third-order valence-corrected chi connectivity index (χ3v) is 14.5. The van der Waals surface area contributed by atoms with E-state index in [-0.39, 0.29) is 5.41 Å². The Hall–Kier alpha value is -7.99. The maximum Gasteiger partial charge on any atom is 0.164 e. The van der Waals surface area contributed by atoms with Crippen LogP contribution in [0.4, 0.5) is 0 Å². The fourth-order valence-corrected chi connectivity index (χ4v) is 11.1. The van der Waals surface area contributed by atoms with Crippen LogP contribution in [0.2, 0.25) is 0 Å². The molecule has 0 N–H and O–H groups in total. The number of furan rings is 1. The number of nitrogens with zero attached hydrogens (tertiary/aromatic N) is 3. The third-order valence-electron chi connectivity index (χ3n) is 13.4. The Morgan fingerprint density at radius 3 is 1.72 bits per heavy atom. The summed E-state index contributed by atoms with van der Waals surface area (Å²) in [5.74, 6) is 1.83. The Kier molecular flexibility index (Phi) is 8.39. The Morgan fingerprint density at radius 2 is 0.908 bits per heavy atom. The van der Waals surface area contributed by atoms with Crippen LogP contribution in [0.15, 0.2) is 205 Å². The van der Waals surface area contributed by atoms with Crippen molar-refractivity contribution in [1.29, 1.82) is 0 Å². The van der Waals surface area contributed by atoms with Crippen LogP contribution in [0.1, 0.15) is 25.0 Å². The summed E-state index contributed by atoms with van der Waals surface area (Å²) in [5, 5.41) is 4.42. The zero-order valence-electron chi connectivity index (χ0n) is 35.7. The van der Waals surface area contributed by atoms with Gasteiger partial charge in [0.05, 0.1) is 0 Å². The highest BCUT2D eigenvalue weighted by atomic mass is 32.1. The lowest BCUT2D eigenvalue weighted by molar-refractivity contribution is 0.660. The van der Waals surface area contributed by atoms with Crippen LogP contribution in [-0.2, 0) is 5.41 Å². The summed E-state index contributed by atoms with van der Waals surface area (Å²) in [7, 11) is 0. The molecule has 3 heterocycles. The summed E-state index contributed by atoms with van der Waals surface area (Å²) in [6.07, 6.45) is 0. The van der Waals surface area contributed by atoms with Crippen LogP contribution in [0, 0.1) is 0 Å². The average molecular weight is 850 g/mol. The molecule has 1 aliphatic rings. The zero-order chi connectivity index (χ0) is 43.2. The van der Waals surface area contributed by atoms with E-state index < -0.39 is 0 Å². The number of rotatable bonds is 6. The van der Waals surface area contributed by atoms with Gasteiger partial charge < -0.3 is 4.42 Å². The van der Waals surface area contributed by atoms with E-state index in [1.165, 1.54) is 53.6 Å². The number of thiophene rings is 1. The second-order valence-corrected chi connectivity index (χ2v) is 18.6. The molecule has 306 valence electrons. The summed E-state index contributed by atoms with van der Waals surface area (Å²) in [6.45, 7) is 4.65. The van der Waals surface area contributed by atoms with Gasteiger partial charge >= 0.3 is 0 Å². The van der Waals surface area contributed by atoms with Gasteiger partial charge in [-0.3, -0.25) is 0 Å². The number of hydrogen-bond donors (Lipinski definition) is 0. The molecule has 0 atom stereocenters. The summed E-state index contributed by atoms with van der Waals surface area (Å²) in [6, 6.07) is 71.4. The van der Waals surface area contributed by atoms with Gasteiger partial charge in [0.1, 0.15) is 11.2 Å². The molecule has 0 unspecified atom stereocenters. The largest absolute Gasteiger partial charge is 0.456 e. The SMILES string of the molecule is CC1(C)c2ccccc2-c2cc(-c3ccc(-c4ccc5oc6cccc(-c7nc(-c8ccc(-c9ccccc9)cc8)nc(-c8ccc9sc%10ccccc%10c9c8)n7)c6c5c4)cc3)ccc21. The van der Waals surface area contributed by atoms with E-state index in [1.54, 1.807) is 11.3 Å². The Labute approximate surface area is 380 Å². The molecule has 0 fully saturated rings. The van der Waals surface area contributed by atoms with Crippen molar-refractivity contribution in [2.45, 2.75) is 19.3 Å². The Morgan fingerprint density at radius 1 is 0.354 bits per heavy atom. The van der Waals surface area contributed by atoms with Crippen molar-refractivity contribution in [3.05, 3.63) is 211 Å². The van der Waals surface area contributed by atoms with Crippen LogP contribution in [0.25, 0.3) is 121 Å². The van der Waals surface area contributed by atoms with E-state index in [9.17, 15) is 0 Å². The first-order chi connectivity index (χ1) is 31.9. The second-order valence-electron chi connectivity index (χ2n) is 17.6. The molecule has 9 aromatic carbocycles. The molecule has 0 aliphatic heterocycles. The molecule has 0 saturated heterocycles. The first-order valence-electron chi connectivity index (χ1n) is 22.1. The van der Waals surface area contributed by atoms with Crippen LogP contribution < -0.4 is 0 Å². The minimum absolute atomic E-state index is 0.0119. The molecule has 1 aliphatic carbocycles. The van der Waals surface area contributed by atoms with Crippen molar-refractivity contribution in [3.63, 3.8) is 0 Å². The van der Waals surface area contributed by atoms with E-state index >= 15 is 0 Å². The van der Waals surface area contributed by atoms with Gasteiger partial charge in [0.2, 0.25) is 0 Å². The van der Waals surface area contributed by atoms with Gasteiger partial charge in [-0.05, 0) is 104 Å². The minimum atomic E-state index is -0.0119. The van der Waals surface area contributed by atoms with Gasteiger partial charge in [0.25, 0.3) is 0 Å². The monoisotopic (exact) mass is 849 g/mol. The van der Waals surface area contributed by atoms with Crippen LogP contribution in [-0.4, -0.2) is 15.0 Å². The van der Waals surface area contributed by atoms with Crippen molar-refractivity contribution >= 4 is 53.4 Å². The van der Waals surface area contributed by atoms with E-state index in [1.807, 2.05) is 18.2 Å². The molecular formula is C60H39N3OS. The molecule has 0 amide bonds. The van der Waals surface area contributed by atoms with Crippen LogP contribution in [0.5, 0.6) is 0 Å². The van der Waals surface area contributed by atoms with E-state index in [0.717, 1.165) is 60.9 Å². The molecule has 0 spiro atoms. The van der Waals surface area contributed by atoms with E-state index in [2.05, 4.69) is 196 Å². The van der Waals surface area contributed by atoms with Crippen LogP contribution in [0.3, 0.4) is 0 Å². The topological polar surface area (TPSA) is 51.8 Å². The summed E-state index contributed by atoms with van der Waals surface area (Å²) >= 11 is 1.81. The van der Waals surface area contributed by atoms with Gasteiger partial charge in [-0.1, -0.05) is 166 Å². The number of benzene rings is 9. The smallest absolute Gasteiger partial charge is 0.164 e. The lowest BCUT2D eigenvalue weighted by Gasteiger charge is -2.21. The number of aromatic nitrogens is 3.